The molecule has 0 spiro atoms. The summed E-state index contributed by atoms with van der Waals surface area (Å²) in [4.78, 5) is 10.5. The monoisotopic (exact) mass is 146 g/mol. The number of amides is 1. The fourth-order valence-electron chi connectivity index (χ4n) is 0.678. The lowest BCUT2D eigenvalue weighted by atomic mass is 10.3. The third kappa shape index (κ3) is 4.29. The SMILES string of the molecule is CNC[C@@H](C)NC(=O)CO. The molecule has 0 aromatic heterocycles. The molecule has 0 aromatic carbocycles. The minimum Gasteiger partial charge on any atom is -0.387 e. The summed E-state index contributed by atoms with van der Waals surface area (Å²) >= 11 is 0. The first-order valence-corrected chi connectivity index (χ1v) is 3.25. The Labute approximate surface area is 60.6 Å². The molecular formula is C6H14N2O2. The van der Waals surface area contributed by atoms with Crippen molar-refractivity contribution in [3.63, 3.8) is 0 Å². The van der Waals surface area contributed by atoms with Gasteiger partial charge in [-0.3, -0.25) is 4.79 Å². The highest BCUT2D eigenvalue weighted by Gasteiger charge is 2.02. The summed E-state index contributed by atoms with van der Waals surface area (Å²) < 4.78 is 0. The largest absolute Gasteiger partial charge is 0.387 e. The first-order chi connectivity index (χ1) is 4.70. The zero-order valence-electron chi connectivity index (χ0n) is 6.35. The van der Waals surface area contributed by atoms with Gasteiger partial charge in [0.15, 0.2) is 0 Å². The van der Waals surface area contributed by atoms with E-state index in [4.69, 9.17) is 5.11 Å². The number of aliphatic hydroxyl groups is 1. The van der Waals surface area contributed by atoms with Crippen molar-refractivity contribution in [3.8, 4) is 0 Å². The lowest BCUT2D eigenvalue weighted by Gasteiger charge is -2.11. The van der Waals surface area contributed by atoms with Gasteiger partial charge in [0.05, 0.1) is 0 Å². The second-order valence-corrected chi connectivity index (χ2v) is 2.18. The molecule has 10 heavy (non-hydrogen) atoms. The molecule has 0 radical (unpaired) electrons. The maximum absolute atomic E-state index is 10.5. The van der Waals surface area contributed by atoms with Gasteiger partial charge in [-0.05, 0) is 14.0 Å². The van der Waals surface area contributed by atoms with Crippen LogP contribution in [0.1, 0.15) is 6.92 Å². The zero-order valence-corrected chi connectivity index (χ0v) is 6.35. The molecule has 0 aromatic rings. The minimum absolute atomic E-state index is 0.0737. The summed E-state index contributed by atoms with van der Waals surface area (Å²) in [5.74, 6) is -0.331. The van der Waals surface area contributed by atoms with Gasteiger partial charge in [-0.25, -0.2) is 0 Å². The number of nitrogens with one attached hydrogen (secondary N) is 2. The van der Waals surface area contributed by atoms with E-state index in [0.717, 1.165) is 0 Å². The fraction of sp³-hybridized carbons (Fsp3) is 0.833. The average molecular weight is 146 g/mol. The Morgan fingerprint density at radius 3 is 2.70 bits per heavy atom. The van der Waals surface area contributed by atoms with Gasteiger partial charge in [0.2, 0.25) is 5.91 Å². The van der Waals surface area contributed by atoms with Gasteiger partial charge in [-0.1, -0.05) is 0 Å². The smallest absolute Gasteiger partial charge is 0.245 e. The molecule has 60 valence electrons. The van der Waals surface area contributed by atoms with E-state index in [-0.39, 0.29) is 11.9 Å². The van der Waals surface area contributed by atoms with Gasteiger partial charge in [0, 0.05) is 12.6 Å². The number of likely N-dealkylation sites (N-methyl/N-ethyl adjacent to an activating group) is 1. The maximum Gasteiger partial charge on any atom is 0.245 e. The third-order valence-corrected chi connectivity index (χ3v) is 1.06. The lowest BCUT2D eigenvalue weighted by molar-refractivity contribution is -0.124. The standard InChI is InChI=1S/C6H14N2O2/c1-5(3-7-2)8-6(10)4-9/h5,7,9H,3-4H2,1-2H3,(H,8,10)/t5-/m1/s1. The first-order valence-electron chi connectivity index (χ1n) is 3.25. The van der Waals surface area contributed by atoms with Crippen molar-refractivity contribution < 1.29 is 9.90 Å². The highest BCUT2D eigenvalue weighted by molar-refractivity contribution is 5.77. The van der Waals surface area contributed by atoms with Gasteiger partial charge in [-0.15, -0.1) is 0 Å². The lowest BCUT2D eigenvalue weighted by Crippen LogP contribution is -2.40. The Balaban J connectivity index is 3.37. The fourth-order valence-corrected chi connectivity index (χ4v) is 0.678. The van der Waals surface area contributed by atoms with E-state index in [0.29, 0.717) is 6.54 Å². The Kier molecular flexibility index (Phi) is 4.88. The summed E-state index contributed by atoms with van der Waals surface area (Å²) in [5.41, 5.74) is 0. The van der Waals surface area contributed by atoms with E-state index >= 15 is 0 Å². The molecule has 0 saturated heterocycles. The topological polar surface area (TPSA) is 61.4 Å². The Morgan fingerprint density at radius 1 is 1.70 bits per heavy atom. The van der Waals surface area contributed by atoms with Crippen LogP contribution in [0, 0.1) is 0 Å². The molecule has 4 nitrogen and oxygen atoms in total. The van der Waals surface area contributed by atoms with Crippen LogP contribution < -0.4 is 10.6 Å². The first kappa shape index (κ1) is 9.39. The summed E-state index contributed by atoms with van der Waals surface area (Å²) in [7, 11) is 1.81. The number of carbonyl (C=O) groups is 1. The molecule has 0 aliphatic carbocycles. The summed E-state index contributed by atoms with van der Waals surface area (Å²) in [5, 5.41) is 13.8. The van der Waals surface area contributed by atoms with Gasteiger partial charge in [0.25, 0.3) is 0 Å². The Bertz CT molecular complexity index is 106. The predicted octanol–water partition coefficient (Wildman–Crippen LogP) is -1.30. The molecule has 0 rings (SSSR count). The van der Waals surface area contributed by atoms with Crippen molar-refractivity contribution in [1.82, 2.24) is 10.6 Å². The average Bonchev–Trinajstić information content (AvgIpc) is 1.88. The Morgan fingerprint density at radius 2 is 2.30 bits per heavy atom. The van der Waals surface area contributed by atoms with Crippen molar-refractivity contribution in [2.24, 2.45) is 0 Å². The number of hydrogen-bond acceptors (Lipinski definition) is 3. The molecule has 0 aliphatic rings. The minimum atomic E-state index is -0.436. The normalized spacial score (nSPS) is 12.7. The molecule has 0 fully saturated rings. The van der Waals surface area contributed by atoms with E-state index in [2.05, 4.69) is 10.6 Å². The number of carbonyl (C=O) groups excluding carboxylic acids is 1. The van der Waals surface area contributed by atoms with Crippen molar-refractivity contribution in [2.45, 2.75) is 13.0 Å². The summed E-state index contributed by atoms with van der Waals surface area (Å²) in [6, 6.07) is 0.0737. The van der Waals surface area contributed by atoms with Crippen LogP contribution in [0.15, 0.2) is 0 Å². The van der Waals surface area contributed by atoms with E-state index < -0.39 is 6.61 Å². The zero-order chi connectivity index (χ0) is 7.98. The van der Waals surface area contributed by atoms with Gasteiger partial charge < -0.3 is 15.7 Å². The molecule has 0 aliphatic heterocycles. The van der Waals surface area contributed by atoms with E-state index in [9.17, 15) is 4.79 Å². The van der Waals surface area contributed by atoms with Crippen LogP contribution >= 0.6 is 0 Å². The van der Waals surface area contributed by atoms with Crippen LogP contribution in [-0.2, 0) is 4.79 Å². The van der Waals surface area contributed by atoms with Crippen LogP contribution in [-0.4, -0.2) is 37.3 Å². The van der Waals surface area contributed by atoms with Crippen LogP contribution in [0.4, 0.5) is 0 Å². The molecular weight excluding hydrogens is 132 g/mol. The van der Waals surface area contributed by atoms with Crippen molar-refractivity contribution in [3.05, 3.63) is 0 Å². The second kappa shape index (κ2) is 5.20. The molecule has 0 bridgehead atoms. The number of rotatable bonds is 4. The third-order valence-electron chi connectivity index (χ3n) is 1.06. The molecule has 3 N–H and O–H groups in total. The van der Waals surface area contributed by atoms with Crippen LogP contribution in [0.3, 0.4) is 0 Å². The second-order valence-electron chi connectivity index (χ2n) is 2.18. The molecule has 0 unspecified atom stereocenters. The quantitative estimate of drug-likeness (QED) is 0.462. The van der Waals surface area contributed by atoms with Crippen molar-refractivity contribution >= 4 is 5.91 Å². The molecule has 1 amide bonds. The molecule has 0 heterocycles. The highest BCUT2D eigenvalue weighted by atomic mass is 16.3. The van der Waals surface area contributed by atoms with E-state index in [1.54, 1.807) is 0 Å². The Hall–Kier alpha value is -0.610. The molecule has 0 saturated carbocycles. The van der Waals surface area contributed by atoms with Crippen LogP contribution in [0.5, 0.6) is 0 Å². The van der Waals surface area contributed by atoms with Crippen molar-refractivity contribution in [2.75, 3.05) is 20.2 Å². The summed E-state index contributed by atoms with van der Waals surface area (Å²) in [6.07, 6.45) is 0. The molecule has 1 atom stereocenters. The molecule has 4 heteroatoms. The number of hydrogen-bond donors (Lipinski definition) is 3. The van der Waals surface area contributed by atoms with E-state index in [1.165, 1.54) is 0 Å². The van der Waals surface area contributed by atoms with Crippen molar-refractivity contribution in [1.29, 1.82) is 0 Å². The predicted molar refractivity (Wildman–Crippen MR) is 38.6 cm³/mol. The van der Waals surface area contributed by atoms with Gasteiger partial charge in [-0.2, -0.15) is 0 Å². The van der Waals surface area contributed by atoms with Gasteiger partial charge in [0.1, 0.15) is 6.61 Å². The maximum atomic E-state index is 10.5. The highest BCUT2D eigenvalue weighted by Crippen LogP contribution is 1.76. The van der Waals surface area contributed by atoms with Crippen LogP contribution in [0.25, 0.3) is 0 Å². The van der Waals surface area contributed by atoms with E-state index in [1.807, 2.05) is 14.0 Å². The summed E-state index contributed by atoms with van der Waals surface area (Å²) in [6.45, 7) is 2.14. The van der Waals surface area contributed by atoms with Gasteiger partial charge >= 0.3 is 0 Å². The number of aliphatic hydroxyl groups excluding tert-OH is 1. The van der Waals surface area contributed by atoms with Crippen LogP contribution in [0.2, 0.25) is 0 Å².